The van der Waals surface area contributed by atoms with Crippen molar-refractivity contribution in [3.63, 3.8) is 0 Å². The van der Waals surface area contributed by atoms with E-state index in [1.54, 1.807) is 18.3 Å². The molecular formula is C15H16BrN3O2. The Kier molecular flexibility index (Phi) is 5.71. The van der Waals surface area contributed by atoms with Crippen LogP contribution < -0.4 is 11.1 Å². The molecule has 0 spiro atoms. The van der Waals surface area contributed by atoms with Crippen LogP contribution in [0.2, 0.25) is 0 Å². The van der Waals surface area contributed by atoms with E-state index < -0.39 is 0 Å². The SMILES string of the molecule is Nc1ncccc1C(=O)NCOCCc1ccc(Br)cc1. The second kappa shape index (κ2) is 7.75. The number of benzene rings is 1. The fourth-order valence-electron chi connectivity index (χ4n) is 1.73. The normalized spacial score (nSPS) is 10.3. The van der Waals surface area contributed by atoms with E-state index in [0.29, 0.717) is 12.2 Å². The third-order valence-corrected chi connectivity index (χ3v) is 3.39. The molecule has 2 aromatic rings. The van der Waals surface area contributed by atoms with Gasteiger partial charge in [-0.2, -0.15) is 0 Å². The lowest BCUT2D eigenvalue weighted by Gasteiger charge is -2.08. The maximum atomic E-state index is 11.8. The van der Waals surface area contributed by atoms with E-state index in [1.165, 1.54) is 5.56 Å². The number of halogens is 1. The minimum absolute atomic E-state index is 0.143. The van der Waals surface area contributed by atoms with Gasteiger partial charge in [-0.3, -0.25) is 4.79 Å². The van der Waals surface area contributed by atoms with Gasteiger partial charge in [0.05, 0.1) is 12.2 Å². The molecule has 0 aliphatic carbocycles. The third kappa shape index (κ3) is 4.84. The number of rotatable bonds is 6. The van der Waals surface area contributed by atoms with Gasteiger partial charge in [0, 0.05) is 10.7 Å². The monoisotopic (exact) mass is 349 g/mol. The number of pyridine rings is 1. The summed E-state index contributed by atoms with van der Waals surface area (Å²) < 4.78 is 6.44. The van der Waals surface area contributed by atoms with Crippen LogP contribution >= 0.6 is 15.9 Å². The van der Waals surface area contributed by atoms with Crippen molar-refractivity contribution in [1.82, 2.24) is 10.3 Å². The highest BCUT2D eigenvalue weighted by Gasteiger charge is 2.08. The van der Waals surface area contributed by atoms with Crippen LogP contribution in [-0.4, -0.2) is 24.2 Å². The Morgan fingerprint density at radius 2 is 2.05 bits per heavy atom. The van der Waals surface area contributed by atoms with Gasteiger partial charge in [0.15, 0.2) is 0 Å². The molecule has 5 nitrogen and oxygen atoms in total. The Hall–Kier alpha value is -1.92. The van der Waals surface area contributed by atoms with Crippen LogP contribution in [0.4, 0.5) is 5.82 Å². The minimum atomic E-state index is -0.288. The topological polar surface area (TPSA) is 77.2 Å². The first kappa shape index (κ1) is 15.5. The van der Waals surface area contributed by atoms with Gasteiger partial charge in [-0.1, -0.05) is 28.1 Å². The van der Waals surface area contributed by atoms with Crippen molar-refractivity contribution in [1.29, 1.82) is 0 Å². The first-order valence-electron chi connectivity index (χ1n) is 6.47. The summed E-state index contributed by atoms with van der Waals surface area (Å²) in [7, 11) is 0. The molecule has 110 valence electrons. The maximum absolute atomic E-state index is 11.8. The van der Waals surface area contributed by atoms with Crippen molar-refractivity contribution < 1.29 is 9.53 Å². The number of nitrogens with two attached hydrogens (primary N) is 1. The van der Waals surface area contributed by atoms with Crippen LogP contribution in [-0.2, 0) is 11.2 Å². The lowest BCUT2D eigenvalue weighted by Crippen LogP contribution is -2.27. The van der Waals surface area contributed by atoms with E-state index >= 15 is 0 Å². The van der Waals surface area contributed by atoms with E-state index in [1.807, 2.05) is 24.3 Å². The van der Waals surface area contributed by atoms with Crippen LogP contribution in [0.25, 0.3) is 0 Å². The summed E-state index contributed by atoms with van der Waals surface area (Å²) in [6.45, 7) is 0.675. The van der Waals surface area contributed by atoms with Crippen molar-refractivity contribution in [2.75, 3.05) is 19.1 Å². The molecule has 21 heavy (non-hydrogen) atoms. The second-order valence-corrected chi connectivity index (χ2v) is 5.29. The predicted octanol–water partition coefficient (Wildman–Crippen LogP) is 2.37. The molecule has 0 saturated carbocycles. The van der Waals surface area contributed by atoms with E-state index in [2.05, 4.69) is 26.2 Å². The number of hydrogen-bond acceptors (Lipinski definition) is 4. The summed E-state index contributed by atoms with van der Waals surface area (Å²) in [5.41, 5.74) is 7.16. The molecule has 0 fully saturated rings. The zero-order valence-electron chi connectivity index (χ0n) is 11.4. The summed E-state index contributed by atoms with van der Waals surface area (Å²) >= 11 is 3.39. The molecule has 0 unspecified atom stereocenters. The van der Waals surface area contributed by atoms with Gasteiger partial charge in [0.25, 0.3) is 5.91 Å². The van der Waals surface area contributed by atoms with Crippen molar-refractivity contribution in [3.05, 3.63) is 58.2 Å². The van der Waals surface area contributed by atoms with Gasteiger partial charge in [-0.05, 0) is 36.2 Å². The Bertz CT molecular complexity index is 602. The molecule has 0 saturated heterocycles. The van der Waals surface area contributed by atoms with Crippen LogP contribution in [0.5, 0.6) is 0 Å². The molecule has 0 radical (unpaired) electrons. The summed E-state index contributed by atoms with van der Waals surface area (Å²) in [6, 6.07) is 11.3. The average molecular weight is 350 g/mol. The fraction of sp³-hybridized carbons (Fsp3) is 0.200. The van der Waals surface area contributed by atoms with Crippen molar-refractivity contribution in [2.45, 2.75) is 6.42 Å². The molecule has 1 heterocycles. The first-order valence-corrected chi connectivity index (χ1v) is 7.27. The van der Waals surface area contributed by atoms with Crippen LogP contribution in [0.15, 0.2) is 47.1 Å². The Balaban J connectivity index is 1.69. The number of carbonyl (C=O) groups excluding carboxylic acids is 1. The standard InChI is InChI=1S/C15H16BrN3O2/c16-12-5-3-11(4-6-12)7-9-21-10-19-15(20)13-2-1-8-18-14(13)17/h1-6,8H,7,9-10H2,(H2,17,18)(H,19,20). The van der Waals surface area contributed by atoms with Crippen molar-refractivity contribution in [2.24, 2.45) is 0 Å². The van der Waals surface area contributed by atoms with Gasteiger partial charge in [-0.25, -0.2) is 4.98 Å². The van der Waals surface area contributed by atoms with E-state index in [-0.39, 0.29) is 18.5 Å². The number of carbonyl (C=O) groups is 1. The minimum Gasteiger partial charge on any atom is -0.383 e. The number of nitrogens with one attached hydrogen (secondary N) is 1. The summed E-state index contributed by atoms with van der Waals surface area (Å²) in [4.78, 5) is 15.7. The van der Waals surface area contributed by atoms with Crippen LogP contribution in [0.3, 0.4) is 0 Å². The van der Waals surface area contributed by atoms with E-state index in [0.717, 1.165) is 10.9 Å². The summed E-state index contributed by atoms with van der Waals surface area (Å²) in [6.07, 6.45) is 2.33. The number of nitrogens with zero attached hydrogens (tertiary/aromatic N) is 1. The number of aromatic nitrogens is 1. The lowest BCUT2D eigenvalue weighted by atomic mass is 10.2. The first-order chi connectivity index (χ1) is 10.2. The number of nitrogen functional groups attached to an aromatic ring is 1. The number of amides is 1. The van der Waals surface area contributed by atoms with Crippen LogP contribution in [0, 0.1) is 0 Å². The summed E-state index contributed by atoms with van der Waals surface area (Å²) in [5.74, 6) is -0.0749. The third-order valence-electron chi connectivity index (χ3n) is 2.87. The highest BCUT2D eigenvalue weighted by molar-refractivity contribution is 9.10. The Morgan fingerprint density at radius 3 is 2.76 bits per heavy atom. The molecular weight excluding hydrogens is 334 g/mol. The molecule has 1 amide bonds. The number of ether oxygens (including phenoxy) is 1. The maximum Gasteiger partial charge on any atom is 0.256 e. The number of anilines is 1. The molecule has 1 aromatic carbocycles. The highest BCUT2D eigenvalue weighted by Crippen LogP contribution is 2.10. The molecule has 0 aliphatic rings. The smallest absolute Gasteiger partial charge is 0.256 e. The predicted molar refractivity (Wildman–Crippen MR) is 84.8 cm³/mol. The second-order valence-electron chi connectivity index (χ2n) is 4.37. The van der Waals surface area contributed by atoms with E-state index in [4.69, 9.17) is 10.5 Å². The van der Waals surface area contributed by atoms with Gasteiger partial charge in [0.2, 0.25) is 0 Å². The zero-order chi connectivity index (χ0) is 15.1. The van der Waals surface area contributed by atoms with Crippen molar-refractivity contribution in [3.8, 4) is 0 Å². The van der Waals surface area contributed by atoms with Gasteiger partial charge >= 0.3 is 0 Å². The van der Waals surface area contributed by atoms with Gasteiger partial charge < -0.3 is 15.8 Å². The molecule has 1 aromatic heterocycles. The fourth-order valence-corrected chi connectivity index (χ4v) is 2.00. The quantitative estimate of drug-likeness (QED) is 0.619. The summed E-state index contributed by atoms with van der Waals surface area (Å²) in [5, 5.41) is 2.65. The Labute approximate surface area is 131 Å². The molecule has 0 bridgehead atoms. The highest BCUT2D eigenvalue weighted by atomic mass is 79.9. The molecule has 2 rings (SSSR count). The van der Waals surface area contributed by atoms with Crippen molar-refractivity contribution >= 4 is 27.7 Å². The largest absolute Gasteiger partial charge is 0.383 e. The number of hydrogen-bond donors (Lipinski definition) is 2. The van der Waals surface area contributed by atoms with Gasteiger partial charge in [0.1, 0.15) is 12.5 Å². The molecule has 3 N–H and O–H groups in total. The molecule has 0 aliphatic heterocycles. The molecule has 6 heteroatoms. The van der Waals surface area contributed by atoms with E-state index in [9.17, 15) is 4.79 Å². The zero-order valence-corrected chi connectivity index (χ0v) is 13.0. The average Bonchev–Trinajstić information content (AvgIpc) is 2.49. The lowest BCUT2D eigenvalue weighted by molar-refractivity contribution is 0.0798. The molecule has 0 atom stereocenters. The van der Waals surface area contributed by atoms with Gasteiger partial charge in [-0.15, -0.1) is 0 Å². The van der Waals surface area contributed by atoms with Crippen LogP contribution in [0.1, 0.15) is 15.9 Å². The Morgan fingerprint density at radius 1 is 1.29 bits per heavy atom.